The van der Waals surface area contributed by atoms with Crippen molar-refractivity contribution >= 4 is 10.2 Å². The fourth-order valence-electron chi connectivity index (χ4n) is 0.735. The number of rotatable bonds is 1. The smallest absolute Gasteiger partial charge is 0.307 e. The lowest BCUT2D eigenvalue weighted by Crippen LogP contribution is -2.15. The molecule has 9 heavy (non-hydrogen) atoms. The summed E-state index contributed by atoms with van der Waals surface area (Å²) < 4.78 is 36.8. The zero-order valence-electron chi connectivity index (χ0n) is 4.71. The van der Waals surface area contributed by atoms with E-state index in [-0.39, 0.29) is 6.61 Å². The van der Waals surface area contributed by atoms with Gasteiger partial charge in [0.05, 0.1) is 6.61 Å². The number of hydrogen-bond acceptors (Lipinski definition) is 3. The van der Waals surface area contributed by atoms with E-state index < -0.39 is 15.5 Å². The van der Waals surface area contributed by atoms with Crippen LogP contribution in [-0.2, 0) is 15.0 Å². The third-order valence-electron chi connectivity index (χ3n) is 1.29. The lowest BCUT2D eigenvalue weighted by molar-refractivity contribution is 0.198. The van der Waals surface area contributed by atoms with E-state index in [1.165, 1.54) is 0 Å². The molecule has 54 valence electrons. The zero-order chi connectivity index (χ0) is 6.91. The van der Waals surface area contributed by atoms with E-state index in [1.807, 2.05) is 0 Å². The van der Waals surface area contributed by atoms with Crippen LogP contribution in [0, 0.1) is 0 Å². The maximum atomic E-state index is 12.0. The predicted octanol–water partition coefficient (Wildman–Crippen LogP) is 0.0746. The SMILES string of the molecule is O=S(=O)(F)[C@@H]1CCOC1. The minimum atomic E-state index is -4.33. The summed E-state index contributed by atoms with van der Waals surface area (Å²) in [5.74, 6) is 0. The maximum absolute atomic E-state index is 12.0. The molecule has 0 N–H and O–H groups in total. The van der Waals surface area contributed by atoms with Gasteiger partial charge in [0.2, 0.25) is 0 Å². The highest BCUT2D eigenvalue weighted by Gasteiger charge is 2.28. The molecule has 1 fully saturated rings. The highest BCUT2D eigenvalue weighted by Crippen LogP contribution is 2.14. The highest BCUT2D eigenvalue weighted by molar-refractivity contribution is 7.87. The summed E-state index contributed by atoms with van der Waals surface area (Å²) in [5.41, 5.74) is 0. The molecule has 1 rings (SSSR count). The highest BCUT2D eigenvalue weighted by atomic mass is 32.3. The zero-order valence-corrected chi connectivity index (χ0v) is 5.53. The molecule has 1 heterocycles. The normalized spacial score (nSPS) is 28.8. The Morgan fingerprint density at radius 3 is 2.44 bits per heavy atom. The van der Waals surface area contributed by atoms with Crippen molar-refractivity contribution in [2.24, 2.45) is 0 Å². The Morgan fingerprint density at radius 1 is 1.56 bits per heavy atom. The first-order chi connectivity index (χ1) is 4.11. The van der Waals surface area contributed by atoms with Crippen molar-refractivity contribution in [3.05, 3.63) is 0 Å². The molecule has 0 amide bonds. The average molecular weight is 154 g/mol. The standard InChI is InChI=1S/C4H7FO3S/c5-9(6,7)4-1-2-8-3-4/h4H,1-3H2/t4-/m1/s1. The minimum absolute atomic E-state index is 0.0127. The summed E-state index contributed by atoms with van der Waals surface area (Å²) in [6, 6.07) is 0. The second kappa shape index (κ2) is 2.22. The van der Waals surface area contributed by atoms with Crippen LogP contribution in [0.25, 0.3) is 0 Å². The van der Waals surface area contributed by atoms with Gasteiger partial charge in [-0.05, 0) is 6.42 Å². The van der Waals surface area contributed by atoms with Crippen LogP contribution in [0.1, 0.15) is 6.42 Å². The molecule has 0 bridgehead atoms. The third-order valence-corrected chi connectivity index (χ3v) is 2.45. The van der Waals surface area contributed by atoms with Gasteiger partial charge in [0.1, 0.15) is 5.25 Å². The van der Waals surface area contributed by atoms with Gasteiger partial charge in [0, 0.05) is 6.61 Å². The van der Waals surface area contributed by atoms with Gasteiger partial charge in [-0.1, -0.05) is 0 Å². The van der Waals surface area contributed by atoms with Gasteiger partial charge >= 0.3 is 10.2 Å². The molecule has 1 saturated heterocycles. The van der Waals surface area contributed by atoms with Crippen molar-refractivity contribution in [1.82, 2.24) is 0 Å². The van der Waals surface area contributed by atoms with Crippen molar-refractivity contribution in [2.45, 2.75) is 11.7 Å². The average Bonchev–Trinajstić information content (AvgIpc) is 2.08. The summed E-state index contributed by atoms with van der Waals surface area (Å²) >= 11 is 0. The van der Waals surface area contributed by atoms with Gasteiger partial charge in [-0.15, -0.1) is 3.89 Å². The number of ether oxygens (including phenoxy) is 1. The molecule has 0 radical (unpaired) electrons. The molecule has 0 aromatic rings. The molecule has 3 nitrogen and oxygen atoms in total. The fraction of sp³-hybridized carbons (Fsp3) is 1.00. The first kappa shape index (κ1) is 6.95. The van der Waals surface area contributed by atoms with Crippen LogP contribution in [-0.4, -0.2) is 26.9 Å². The van der Waals surface area contributed by atoms with E-state index in [0.29, 0.717) is 13.0 Å². The molecular formula is C4H7FO3S. The topological polar surface area (TPSA) is 43.4 Å². The van der Waals surface area contributed by atoms with Gasteiger partial charge in [-0.3, -0.25) is 0 Å². The van der Waals surface area contributed by atoms with Gasteiger partial charge in [-0.2, -0.15) is 8.42 Å². The van der Waals surface area contributed by atoms with E-state index in [4.69, 9.17) is 0 Å². The first-order valence-corrected chi connectivity index (χ1v) is 4.06. The molecule has 1 aliphatic rings. The Labute approximate surface area is 53.0 Å². The monoisotopic (exact) mass is 154 g/mol. The number of halogens is 1. The molecule has 1 aliphatic heterocycles. The second-order valence-electron chi connectivity index (χ2n) is 1.96. The molecule has 0 aliphatic carbocycles. The molecule has 0 aromatic carbocycles. The van der Waals surface area contributed by atoms with Crippen molar-refractivity contribution in [1.29, 1.82) is 0 Å². The van der Waals surface area contributed by atoms with Gasteiger partial charge in [-0.25, -0.2) is 0 Å². The first-order valence-electron chi connectivity index (χ1n) is 2.62. The predicted molar refractivity (Wildman–Crippen MR) is 29.3 cm³/mol. The van der Waals surface area contributed by atoms with E-state index in [2.05, 4.69) is 4.74 Å². The molecular weight excluding hydrogens is 147 g/mol. The summed E-state index contributed by atoms with van der Waals surface area (Å²) in [7, 11) is -4.33. The van der Waals surface area contributed by atoms with Crippen LogP contribution < -0.4 is 0 Å². The molecule has 0 unspecified atom stereocenters. The van der Waals surface area contributed by atoms with Crippen LogP contribution in [0.15, 0.2) is 0 Å². The van der Waals surface area contributed by atoms with Crippen LogP contribution in [0.5, 0.6) is 0 Å². The lowest BCUT2D eigenvalue weighted by Gasteiger charge is -1.97. The lowest BCUT2D eigenvalue weighted by atomic mass is 10.4. The van der Waals surface area contributed by atoms with E-state index in [0.717, 1.165) is 0 Å². The van der Waals surface area contributed by atoms with E-state index in [1.54, 1.807) is 0 Å². The van der Waals surface area contributed by atoms with Gasteiger partial charge < -0.3 is 4.74 Å². The van der Waals surface area contributed by atoms with Crippen molar-refractivity contribution in [3.63, 3.8) is 0 Å². The van der Waals surface area contributed by atoms with Crippen LogP contribution in [0.2, 0.25) is 0 Å². The van der Waals surface area contributed by atoms with Gasteiger partial charge in [0.15, 0.2) is 0 Å². The summed E-state index contributed by atoms with van der Waals surface area (Å²) in [6.07, 6.45) is 0.291. The van der Waals surface area contributed by atoms with Crippen molar-refractivity contribution in [2.75, 3.05) is 13.2 Å². The van der Waals surface area contributed by atoms with Crippen molar-refractivity contribution < 1.29 is 17.0 Å². The summed E-state index contributed by atoms with van der Waals surface area (Å²) in [4.78, 5) is 0. The Kier molecular flexibility index (Phi) is 1.72. The molecule has 0 saturated carbocycles. The fourth-order valence-corrected chi connectivity index (χ4v) is 1.37. The quantitative estimate of drug-likeness (QED) is 0.502. The third kappa shape index (κ3) is 1.62. The second-order valence-corrected chi connectivity index (χ2v) is 3.58. The van der Waals surface area contributed by atoms with Gasteiger partial charge in [0.25, 0.3) is 0 Å². The summed E-state index contributed by atoms with van der Waals surface area (Å²) in [6.45, 7) is 0.368. The summed E-state index contributed by atoms with van der Waals surface area (Å²) in [5, 5.41) is -0.905. The van der Waals surface area contributed by atoms with E-state index >= 15 is 0 Å². The van der Waals surface area contributed by atoms with Crippen LogP contribution >= 0.6 is 0 Å². The maximum Gasteiger partial charge on any atom is 0.307 e. The largest absolute Gasteiger partial charge is 0.380 e. The Hall–Kier alpha value is -0.160. The molecule has 1 atom stereocenters. The molecule has 5 heteroatoms. The molecule has 0 aromatic heterocycles. The van der Waals surface area contributed by atoms with Crippen LogP contribution in [0.3, 0.4) is 0 Å². The minimum Gasteiger partial charge on any atom is -0.380 e. The Balaban J connectivity index is 2.63. The molecule has 0 spiro atoms. The Bertz CT molecular complexity index is 180. The Morgan fingerprint density at radius 2 is 2.22 bits per heavy atom. The van der Waals surface area contributed by atoms with Crippen molar-refractivity contribution in [3.8, 4) is 0 Å². The number of hydrogen-bond donors (Lipinski definition) is 0. The van der Waals surface area contributed by atoms with E-state index in [9.17, 15) is 12.3 Å². The van der Waals surface area contributed by atoms with Crippen LogP contribution in [0.4, 0.5) is 3.89 Å².